The number of carbonyl (C=O) groups excluding carboxylic acids is 1. The minimum Gasteiger partial charge on any atom is -0.497 e. The van der Waals surface area contributed by atoms with E-state index in [4.69, 9.17) is 27.4 Å². The summed E-state index contributed by atoms with van der Waals surface area (Å²) in [5.74, 6) is 0.821. The lowest BCUT2D eigenvalue weighted by Crippen LogP contribution is -2.30. The average Bonchev–Trinajstić information content (AvgIpc) is 2.49. The molecule has 116 valence electrons. The molecule has 0 unspecified atom stereocenters. The van der Waals surface area contributed by atoms with E-state index in [1.54, 1.807) is 19.1 Å². The topological polar surface area (TPSA) is 64.8 Å². The summed E-state index contributed by atoms with van der Waals surface area (Å²) in [5, 5.41) is 0. The maximum atomic E-state index is 11.8. The molecule has 0 atom stereocenters. The van der Waals surface area contributed by atoms with Crippen molar-refractivity contribution < 1.29 is 14.3 Å². The standard InChI is InChI=1S/C15H22N2O3S/c1-17(8-6-14(16)21)15(18)7-9-20-11-12-4-3-5-13(10-12)19-2/h3-5,10H,6-9,11H2,1-2H3,(H2,16,21). The zero-order chi connectivity index (χ0) is 15.7. The Morgan fingerprint density at radius 1 is 1.38 bits per heavy atom. The van der Waals surface area contributed by atoms with Gasteiger partial charge in [-0.25, -0.2) is 0 Å². The van der Waals surface area contributed by atoms with Gasteiger partial charge in [0.05, 0.1) is 31.7 Å². The van der Waals surface area contributed by atoms with Gasteiger partial charge < -0.3 is 20.1 Å². The van der Waals surface area contributed by atoms with Gasteiger partial charge in [0, 0.05) is 20.0 Å². The van der Waals surface area contributed by atoms with E-state index < -0.39 is 0 Å². The summed E-state index contributed by atoms with van der Waals surface area (Å²) in [4.78, 5) is 13.8. The Morgan fingerprint density at radius 3 is 2.81 bits per heavy atom. The van der Waals surface area contributed by atoms with Gasteiger partial charge in [-0.15, -0.1) is 0 Å². The summed E-state index contributed by atoms with van der Waals surface area (Å²) in [6.07, 6.45) is 0.889. The number of amides is 1. The molecule has 0 saturated heterocycles. The van der Waals surface area contributed by atoms with Gasteiger partial charge in [0.25, 0.3) is 0 Å². The molecule has 0 fully saturated rings. The molecule has 1 rings (SSSR count). The molecule has 0 radical (unpaired) electrons. The van der Waals surface area contributed by atoms with E-state index in [0.717, 1.165) is 11.3 Å². The molecule has 0 spiro atoms. The van der Waals surface area contributed by atoms with Crippen LogP contribution in [0.2, 0.25) is 0 Å². The highest BCUT2D eigenvalue weighted by Gasteiger charge is 2.08. The molecule has 0 saturated carbocycles. The second-order valence-electron chi connectivity index (χ2n) is 4.69. The van der Waals surface area contributed by atoms with Crippen LogP contribution in [0.5, 0.6) is 5.75 Å². The zero-order valence-corrected chi connectivity index (χ0v) is 13.3. The predicted octanol–water partition coefficient (Wildman–Crippen LogP) is 1.74. The van der Waals surface area contributed by atoms with E-state index in [0.29, 0.717) is 37.6 Å². The Labute approximate surface area is 131 Å². The highest BCUT2D eigenvalue weighted by Crippen LogP contribution is 2.13. The van der Waals surface area contributed by atoms with Gasteiger partial charge in [0.2, 0.25) is 5.91 Å². The van der Waals surface area contributed by atoms with Crippen molar-refractivity contribution in [2.75, 3.05) is 27.3 Å². The van der Waals surface area contributed by atoms with E-state index in [1.165, 1.54) is 0 Å². The molecule has 0 aliphatic heterocycles. The molecular formula is C15H22N2O3S. The molecule has 0 bridgehead atoms. The quantitative estimate of drug-likeness (QED) is 0.556. The van der Waals surface area contributed by atoms with E-state index in [2.05, 4.69) is 0 Å². The van der Waals surface area contributed by atoms with Gasteiger partial charge in [-0.1, -0.05) is 24.4 Å². The number of hydrogen-bond acceptors (Lipinski definition) is 4. The van der Waals surface area contributed by atoms with Gasteiger partial charge in [0.1, 0.15) is 5.75 Å². The largest absolute Gasteiger partial charge is 0.497 e. The summed E-state index contributed by atoms with van der Waals surface area (Å²) in [7, 11) is 3.37. The van der Waals surface area contributed by atoms with E-state index >= 15 is 0 Å². The van der Waals surface area contributed by atoms with Crippen LogP contribution in [0.15, 0.2) is 24.3 Å². The smallest absolute Gasteiger partial charge is 0.224 e. The third-order valence-corrected chi connectivity index (χ3v) is 3.19. The molecular weight excluding hydrogens is 288 g/mol. The van der Waals surface area contributed by atoms with Crippen molar-refractivity contribution in [2.45, 2.75) is 19.4 Å². The SMILES string of the molecule is COc1cccc(COCCC(=O)N(C)CCC(N)=S)c1. The number of methoxy groups -OCH3 is 1. The molecule has 2 N–H and O–H groups in total. The fourth-order valence-corrected chi connectivity index (χ4v) is 1.80. The van der Waals surface area contributed by atoms with Gasteiger partial charge in [0.15, 0.2) is 0 Å². The third-order valence-electron chi connectivity index (χ3n) is 2.98. The maximum Gasteiger partial charge on any atom is 0.224 e. The fraction of sp³-hybridized carbons (Fsp3) is 0.467. The van der Waals surface area contributed by atoms with Crippen molar-refractivity contribution in [1.29, 1.82) is 0 Å². The fourth-order valence-electron chi connectivity index (χ4n) is 1.71. The minimum atomic E-state index is 0.0249. The van der Waals surface area contributed by atoms with Gasteiger partial charge in [-0.05, 0) is 17.7 Å². The molecule has 5 nitrogen and oxygen atoms in total. The van der Waals surface area contributed by atoms with Crippen LogP contribution in [-0.4, -0.2) is 43.1 Å². The van der Waals surface area contributed by atoms with Crippen molar-refractivity contribution >= 4 is 23.1 Å². The second-order valence-corrected chi connectivity index (χ2v) is 5.21. The van der Waals surface area contributed by atoms with Crippen molar-refractivity contribution in [3.63, 3.8) is 0 Å². The van der Waals surface area contributed by atoms with Crippen LogP contribution >= 0.6 is 12.2 Å². The number of hydrogen-bond donors (Lipinski definition) is 1. The summed E-state index contributed by atoms with van der Waals surface area (Å²) < 4.78 is 10.7. The number of carbonyl (C=O) groups is 1. The zero-order valence-electron chi connectivity index (χ0n) is 12.5. The number of thiocarbonyl (C=S) groups is 1. The van der Waals surface area contributed by atoms with Crippen molar-refractivity contribution in [3.05, 3.63) is 29.8 Å². The Kier molecular flexibility index (Phi) is 7.71. The van der Waals surface area contributed by atoms with Crippen LogP contribution < -0.4 is 10.5 Å². The van der Waals surface area contributed by atoms with Gasteiger partial charge in [-0.2, -0.15) is 0 Å². The predicted molar refractivity (Wildman–Crippen MR) is 86.3 cm³/mol. The molecule has 0 aromatic heterocycles. The monoisotopic (exact) mass is 310 g/mol. The lowest BCUT2D eigenvalue weighted by atomic mass is 10.2. The van der Waals surface area contributed by atoms with Crippen LogP contribution in [-0.2, 0) is 16.1 Å². The minimum absolute atomic E-state index is 0.0249. The number of benzene rings is 1. The Morgan fingerprint density at radius 2 is 2.14 bits per heavy atom. The van der Waals surface area contributed by atoms with Gasteiger partial charge >= 0.3 is 0 Å². The molecule has 0 aliphatic rings. The first-order valence-electron chi connectivity index (χ1n) is 6.76. The summed E-state index contributed by atoms with van der Waals surface area (Å²) in [6.45, 7) is 1.39. The third kappa shape index (κ3) is 7.06. The van der Waals surface area contributed by atoms with E-state index in [9.17, 15) is 4.79 Å². The Balaban J connectivity index is 2.23. The maximum absolute atomic E-state index is 11.8. The van der Waals surface area contributed by atoms with Crippen LogP contribution in [0.1, 0.15) is 18.4 Å². The molecule has 1 amide bonds. The molecule has 6 heteroatoms. The molecule has 1 aromatic rings. The summed E-state index contributed by atoms with van der Waals surface area (Å²) in [5.41, 5.74) is 6.43. The van der Waals surface area contributed by atoms with Crippen LogP contribution in [0.3, 0.4) is 0 Å². The summed E-state index contributed by atoms with van der Waals surface area (Å²) >= 11 is 4.79. The highest BCUT2D eigenvalue weighted by atomic mass is 32.1. The first kappa shape index (κ1) is 17.4. The van der Waals surface area contributed by atoms with Crippen molar-refractivity contribution in [1.82, 2.24) is 4.90 Å². The lowest BCUT2D eigenvalue weighted by molar-refractivity contribution is -0.131. The van der Waals surface area contributed by atoms with Crippen molar-refractivity contribution in [2.24, 2.45) is 5.73 Å². The number of nitrogens with zero attached hydrogens (tertiary/aromatic N) is 1. The Hall–Kier alpha value is -1.66. The lowest BCUT2D eigenvalue weighted by Gasteiger charge is -2.16. The number of ether oxygens (including phenoxy) is 2. The summed E-state index contributed by atoms with van der Waals surface area (Å²) in [6, 6.07) is 7.66. The van der Waals surface area contributed by atoms with Crippen LogP contribution in [0.4, 0.5) is 0 Å². The van der Waals surface area contributed by atoms with Crippen LogP contribution in [0.25, 0.3) is 0 Å². The van der Waals surface area contributed by atoms with E-state index in [1.807, 2.05) is 24.3 Å². The molecule has 0 heterocycles. The molecule has 0 aliphatic carbocycles. The second kappa shape index (κ2) is 9.31. The molecule has 1 aromatic carbocycles. The first-order valence-corrected chi connectivity index (χ1v) is 7.16. The number of rotatable bonds is 9. The Bertz CT molecular complexity index is 480. The van der Waals surface area contributed by atoms with E-state index in [-0.39, 0.29) is 5.91 Å². The van der Waals surface area contributed by atoms with Crippen LogP contribution in [0, 0.1) is 0 Å². The van der Waals surface area contributed by atoms with Crippen molar-refractivity contribution in [3.8, 4) is 5.75 Å². The molecule has 21 heavy (non-hydrogen) atoms. The average molecular weight is 310 g/mol. The van der Waals surface area contributed by atoms with Gasteiger partial charge in [-0.3, -0.25) is 4.79 Å². The normalized spacial score (nSPS) is 10.2. The first-order chi connectivity index (χ1) is 10.0. The number of nitrogens with two attached hydrogens (primary N) is 1. The highest BCUT2D eigenvalue weighted by molar-refractivity contribution is 7.80.